The van der Waals surface area contributed by atoms with Crippen LogP contribution in [0.15, 0.2) is 73.2 Å². The van der Waals surface area contributed by atoms with Gasteiger partial charge in [0.15, 0.2) is 11.5 Å². The van der Waals surface area contributed by atoms with Crippen molar-refractivity contribution >= 4 is 28.3 Å². The van der Waals surface area contributed by atoms with Gasteiger partial charge in [0.25, 0.3) is 5.91 Å². The standard InChI is InChI=1S/C29H28N6O/c1-18(2)15-31-27-28-32-16-26(19-5-7-20(8-6-19)29(36)33-23-10-11-23)35(28)17-25(34-27)22-9-12-24-21(14-22)4-3-13-30-24/h3-9,12-14,16-18,23H,10-11,15H2,1-2H3,(H,31,34)(H,33,36). The normalized spacial score (nSPS) is 13.4. The van der Waals surface area contributed by atoms with Gasteiger partial charge in [-0.1, -0.05) is 38.1 Å². The number of hydrogen-bond donors (Lipinski definition) is 2. The zero-order valence-corrected chi connectivity index (χ0v) is 20.4. The van der Waals surface area contributed by atoms with Crippen molar-refractivity contribution in [3.05, 3.63) is 78.8 Å². The summed E-state index contributed by atoms with van der Waals surface area (Å²) in [6, 6.07) is 18.3. The zero-order chi connectivity index (χ0) is 24.6. The van der Waals surface area contributed by atoms with Gasteiger partial charge in [-0.05, 0) is 49.1 Å². The molecule has 2 aromatic carbocycles. The van der Waals surface area contributed by atoms with E-state index in [1.807, 2.05) is 48.8 Å². The number of fused-ring (bicyclic) bond motifs is 2. The number of pyridine rings is 1. The number of nitrogens with zero attached hydrogens (tertiary/aromatic N) is 4. The molecule has 3 heterocycles. The molecule has 0 spiro atoms. The molecule has 6 rings (SSSR count). The summed E-state index contributed by atoms with van der Waals surface area (Å²) in [7, 11) is 0. The minimum Gasteiger partial charge on any atom is -0.367 e. The molecule has 0 atom stereocenters. The third kappa shape index (κ3) is 4.40. The Morgan fingerprint density at radius 2 is 1.86 bits per heavy atom. The monoisotopic (exact) mass is 476 g/mol. The Morgan fingerprint density at radius 1 is 1.06 bits per heavy atom. The van der Waals surface area contributed by atoms with Crippen LogP contribution in [0.1, 0.15) is 37.0 Å². The molecule has 2 N–H and O–H groups in total. The molecule has 0 aliphatic heterocycles. The second-order valence-corrected chi connectivity index (χ2v) is 9.82. The quantitative estimate of drug-likeness (QED) is 0.321. The van der Waals surface area contributed by atoms with E-state index in [0.717, 1.165) is 64.3 Å². The van der Waals surface area contributed by atoms with Crippen LogP contribution in [0.25, 0.3) is 39.1 Å². The van der Waals surface area contributed by atoms with E-state index in [1.54, 1.807) is 6.20 Å². The molecular formula is C29H28N6O. The Hall–Kier alpha value is -4.26. The van der Waals surface area contributed by atoms with Gasteiger partial charge in [-0.15, -0.1) is 0 Å². The molecule has 7 heteroatoms. The molecule has 3 aromatic heterocycles. The highest BCUT2D eigenvalue weighted by atomic mass is 16.1. The molecule has 36 heavy (non-hydrogen) atoms. The van der Waals surface area contributed by atoms with Crippen molar-refractivity contribution in [2.75, 3.05) is 11.9 Å². The third-order valence-corrected chi connectivity index (χ3v) is 6.42. The highest BCUT2D eigenvalue weighted by Crippen LogP contribution is 2.29. The Bertz CT molecular complexity index is 1570. The van der Waals surface area contributed by atoms with E-state index in [9.17, 15) is 4.79 Å². The lowest BCUT2D eigenvalue weighted by Gasteiger charge is -2.13. The molecule has 1 aliphatic rings. The van der Waals surface area contributed by atoms with Crippen molar-refractivity contribution in [3.8, 4) is 22.5 Å². The van der Waals surface area contributed by atoms with E-state index in [-0.39, 0.29) is 5.91 Å². The van der Waals surface area contributed by atoms with Crippen molar-refractivity contribution in [3.63, 3.8) is 0 Å². The third-order valence-electron chi connectivity index (χ3n) is 6.42. The highest BCUT2D eigenvalue weighted by Gasteiger charge is 2.23. The number of imidazole rings is 1. The van der Waals surface area contributed by atoms with Crippen LogP contribution in [-0.2, 0) is 0 Å². The predicted octanol–water partition coefficient (Wildman–Crippen LogP) is 5.57. The van der Waals surface area contributed by atoms with Gasteiger partial charge >= 0.3 is 0 Å². The lowest BCUT2D eigenvalue weighted by molar-refractivity contribution is 0.0951. The fraction of sp³-hybridized carbons (Fsp3) is 0.241. The molecule has 0 radical (unpaired) electrons. The van der Waals surface area contributed by atoms with Crippen LogP contribution in [0.4, 0.5) is 5.82 Å². The number of nitrogens with one attached hydrogen (secondary N) is 2. The molecular weight excluding hydrogens is 448 g/mol. The van der Waals surface area contributed by atoms with Crippen LogP contribution >= 0.6 is 0 Å². The maximum absolute atomic E-state index is 12.4. The number of carbonyl (C=O) groups is 1. The number of hydrogen-bond acceptors (Lipinski definition) is 5. The minimum absolute atomic E-state index is 0.0142. The lowest BCUT2D eigenvalue weighted by atomic mass is 10.1. The van der Waals surface area contributed by atoms with Crippen molar-refractivity contribution < 1.29 is 4.79 Å². The summed E-state index contributed by atoms with van der Waals surface area (Å²) in [6.45, 7) is 5.13. The van der Waals surface area contributed by atoms with Crippen LogP contribution < -0.4 is 10.6 Å². The Kier molecular flexibility index (Phi) is 5.60. The highest BCUT2D eigenvalue weighted by molar-refractivity contribution is 5.95. The largest absolute Gasteiger partial charge is 0.367 e. The van der Waals surface area contributed by atoms with Gasteiger partial charge in [-0.3, -0.25) is 14.2 Å². The SMILES string of the molecule is CC(C)CNc1nc(-c2ccc3ncccc3c2)cn2c(-c3ccc(C(=O)NC4CC4)cc3)cnc12. The first-order valence-electron chi connectivity index (χ1n) is 12.4. The van der Waals surface area contributed by atoms with Crippen LogP contribution in [0.3, 0.4) is 0 Å². The van der Waals surface area contributed by atoms with Crippen LogP contribution in [0, 0.1) is 5.92 Å². The van der Waals surface area contributed by atoms with E-state index < -0.39 is 0 Å². The van der Waals surface area contributed by atoms with Crippen LogP contribution in [0.5, 0.6) is 0 Å². The number of aromatic nitrogens is 4. The number of rotatable bonds is 7. The van der Waals surface area contributed by atoms with Gasteiger partial charge < -0.3 is 10.6 Å². The second kappa shape index (κ2) is 9.07. The molecule has 180 valence electrons. The number of anilines is 1. The summed E-state index contributed by atoms with van der Waals surface area (Å²) in [6.07, 6.45) is 7.85. The van der Waals surface area contributed by atoms with Crippen molar-refractivity contribution in [1.82, 2.24) is 24.7 Å². The lowest BCUT2D eigenvalue weighted by Crippen LogP contribution is -2.25. The van der Waals surface area contributed by atoms with E-state index in [0.29, 0.717) is 17.5 Å². The summed E-state index contributed by atoms with van der Waals surface area (Å²) in [4.78, 5) is 26.5. The van der Waals surface area contributed by atoms with E-state index in [1.165, 1.54) is 0 Å². The van der Waals surface area contributed by atoms with Gasteiger partial charge in [-0.2, -0.15) is 0 Å². The first kappa shape index (κ1) is 22.2. The second-order valence-electron chi connectivity index (χ2n) is 9.82. The summed E-state index contributed by atoms with van der Waals surface area (Å²) >= 11 is 0. The van der Waals surface area contributed by atoms with Gasteiger partial charge in [0.2, 0.25) is 0 Å². The van der Waals surface area contributed by atoms with Gasteiger partial charge in [-0.25, -0.2) is 9.97 Å². The molecule has 1 saturated carbocycles. The number of carbonyl (C=O) groups excluding carboxylic acids is 1. The smallest absolute Gasteiger partial charge is 0.251 e. The number of amides is 1. The maximum Gasteiger partial charge on any atom is 0.251 e. The molecule has 7 nitrogen and oxygen atoms in total. The Morgan fingerprint density at radius 3 is 2.64 bits per heavy atom. The first-order chi connectivity index (χ1) is 17.5. The van der Waals surface area contributed by atoms with Crippen molar-refractivity contribution in [1.29, 1.82) is 0 Å². The number of benzene rings is 2. The fourth-order valence-corrected chi connectivity index (χ4v) is 4.28. The molecule has 0 unspecified atom stereocenters. The topological polar surface area (TPSA) is 84.2 Å². The van der Waals surface area contributed by atoms with Crippen LogP contribution in [-0.4, -0.2) is 37.8 Å². The van der Waals surface area contributed by atoms with Crippen molar-refractivity contribution in [2.45, 2.75) is 32.7 Å². The van der Waals surface area contributed by atoms with Gasteiger partial charge in [0.05, 0.1) is 23.1 Å². The first-order valence-corrected chi connectivity index (χ1v) is 12.4. The Balaban J connectivity index is 1.42. The van der Waals surface area contributed by atoms with E-state index in [4.69, 9.17) is 9.97 Å². The molecule has 0 bridgehead atoms. The predicted molar refractivity (Wildman–Crippen MR) is 143 cm³/mol. The molecule has 5 aromatic rings. The molecule has 1 amide bonds. The average molecular weight is 477 g/mol. The van der Waals surface area contributed by atoms with E-state index >= 15 is 0 Å². The maximum atomic E-state index is 12.4. The summed E-state index contributed by atoms with van der Waals surface area (Å²) in [5.74, 6) is 1.20. The average Bonchev–Trinajstić information content (AvgIpc) is 3.61. The molecule has 0 saturated heterocycles. The molecule has 1 fully saturated rings. The summed E-state index contributed by atoms with van der Waals surface area (Å²) in [5.41, 5.74) is 6.18. The van der Waals surface area contributed by atoms with Gasteiger partial charge in [0.1, 0.15) is 0 Å². The summed E-state index contributed by atoms with van der Waals surface area (Å²) < 4.78 is 2.08. The summed E-state index contributed by atoms with van der Waals surface area (Å²) in [5, 5.41) is 7.60. The van der Waals surface area contributed by atoms with Gasteiger partial charge in [0, 0.05) is 47.1 Å². The van der Waals surface area contributed by atoms with E-state index in [2.05, 4.69) is 52.1 Å². The van der Waals surface area contributed by atoms with Crippen molar-refractivity contribution in [2.24, 2.45) is 5.92 Å². The van der Waals surface area contributed by atoms with Crippen LogP contribution in [0.2, 0.25) is 0 Å². The zero-order valence-electron chi connectivity index (χ0n) is 20.4. The Labute approximate surface area is 209 Å². The minimum atomic E-state index is -0.0142. The fourth-order valence-electron chi connectivity index (χ4n) is 4.28. The molecule has 1 aliphatic carbocycles.